The fourth-order valence-electron chi connectivity index (χ4n) is 2.71. The van der Waals surface area contributed by atoms with Crippen LogP contribution in [-0.2, 0) is 15.8 Å². The van der Waals surface area contributed by atoms with Crippen molar-refractivity contribution in [1.29, 1.82) is 0 Å². The average Bonchev–Trinajstić information content (AvgIpc) is 2.92. The molecule has 0 unspecified atom stereocenters. The molecule has 1 heterocycles. The van der Waals surface area contributed by atoms with E-state index in [0.29, 0.717) is 22.5 Å². The second kappa shape index (κ2) is 7.22. The van der Waals surface area contributed by atoms with E-state index in [9.17, 15) is 18.0 Å². The fraction of sp³-hybridized carbons (Fsp3) is 0.111. The molecule has 1 aromatic heterocycles. The van der Waals surface area contributed by atoms with E-state index in [1.165, 1.54) is 4.57 Å². The lowest BCUT2D eigenvalue weighted by molar-refractivity contribution is 0.102. The number of nitrogens with two attached hydrogens (primary N) is 1. The molecule has 1 amide bonds. The van der Waals surface area contributed by atoms with Gasteiger partial charge < -0.3 is 10.3 Å². The van der Waals surface area contributed by atoms with Crippen LogP contribution in [0, 0.1) is 6.92 Å². The molecular formula is C18H18N4O4S. The van der Waals surface area contributed by atoms with Gasteiger partial charge in [-0.25, -0.2) is 18.4 Å². The van der Waals surface area contributed by atoms with Crippen LogP contribution in [0.15, 0.2) is 59.5 Å². The molecule has 0 saturated heterocycles. The van der Waals surface area contributed by atoms with Crippen molar-refractivity contribution < 1.29 is 13.2 Å². The molecule has 4 N–H and O–H groups in total. The molecule has 0 aliphatic heterocycles. The quantitative estimate of drug-likeness (QED) is 0.614. The molecule has 2 aromatic carbocycles. The van der Waals surface area contributed by atoms with Crippen molar-refractivity contribution >= 4 is 21.6 Å². The van der Waals surface area contributed by atoms with Crippen LogP contribution in [0.25, 0.3) is 5.69 Å². The number of aryl methyl sites for hydroxylation is 1. The number of anilines is 1. The molecule has 3 aromatic rings. The summed E-state index contributed by atoms with van der Waals surface area (Å²) >= 11 is 0. The minimum atomic E-state index is -3.65. The number of imidazole rings is 1. The maximum atomic E-state index is 12.4. The minimum Gasteiger partial charge on any atom is -0.322 e. The first-order valence-corrected chi connectivity index (χ1v) is 9.73. The molecule has 0 bridgehead atoms. The Morgan fingerprint density at radius 2 is 1.89 bits per heavy atom. The predicted molar refractivity (Wildman–Crippen MR) is 102 cm³/mol. The molecule has 0 atom stereocenters. The van der Waals surface area contributed by atoms with Crippen LogP contribution in [0.3, 0.4) is 0 Å². The molecule has 0 saturated carbocycles. The van der Waals surface area contributed by atoms with Crippen LogP contribution in [0.5, 0.6) is 0 Å². The van der Waals surface area contributed by atoms with Crippen molar-refractivity contribution in [3.05, 3.63) is 82.0 Å². The number of benzene rings is 2. The van der Waals surface area contributed by atoms with Crippen molar-refractivity contribution in [1.82, 2.24) is 9.55 Å². The highest BCUT2D eigenvalue weighted by Gasteiger charge is 2.10. The number of hydrogen-bond acceptors (Lipinski definition) is 4. The summed E-state index contributed by atoms with van der Waals surface area (Å²) in [6.07, 6.45) is 1.61. The summed E-state index contributed by atoms with van der Waals surface area (Å²) in [7, 11) is -3.65. The first kappa shape index (κ1) is 18.6. The number of nitrogens with one attached hydrogen (secondary N) is 2. The number of carbonyl (C=O) groups excluding carboxylic acids is 1. The lowest BCUT2D eigenvalue weighted by Crippen LogP contribution is -2.17. The summed E-state index contributed by atoms with van der Waals surface area (Å²) in [5.74, 6) is -0.664. The highest BCUT2D eigenvalue weighted by molar-refractivity contribution is 7.88. The van der Waals surface area contributed by atoms with Crippen molar-refractivity contribution in [2.45, 2.75) is 12.7 Å². The number of sulfonamides is 1. The van der Waals surface area contributed by atoms with E-state index in [1.807, 2.05) is 0 Å². The average molecular weight is 386 g/mol. The zero-order valence-corrected chi connectivity index (χ0v) is 15.3. The zero-order chi connectivity index (χ0) is 19.6. The van der Waals surface area contributed by atoms with Gasteiger partial charge in [0, 0.05) is 23.1 Å². The topological polar surface area (TPSA) is 127 Å². The molecule has 3 rings (SSSR count). The van der Waals surface area contributed by atoms with Gasteiger partial charge in [0.25, 0.3) is 5.91 Å². The Bertz CT molecular complexity index is 1140. The maximum Gasteiger partial charge on any atom is 0.330 e. The number of primary sulfonamides is 1. The Labute approximate surface area is 155 Å². The second-order valence-electron chi connectivity index (χ2n) is 6.08. The largest absolute Gasteiger partial charge is 0.330 e. The van der Waals surface area contributed by atoms with Crippen molar-refractivity contribution in [2.75, 3.05) is 5.32 Å². The van der Waals surface area contributed by atoms with Crippen molar-refractivity contribution in [2.24, 2.45) is 5.14 Å². The number of carbonyl (C=O) groups is 1. The Morgan fingerprint density at radius 3 is 2.48 bits per heavy atom. The van der Waals surface area contributed by atoms with Crippen LogP contribution in [0.4, 0.5) is 5.69 Å². The summed E-state index contributed by atoms with van der Waals surface area (Å²) in [6, 6.07) is 13.0. The Kier molecular flexibility index (Phi) is 4.98. The third-order valence-corrected chi connectivity index (χ3v) is 4.64. The van der Waals surface area contributed by atoms with Crippen LogP contribution >= 0.6 is 0 Å². The van der Waals surface area contributed by atoms with Gasteiger partial charge in [-0.3, -0.25) is 9.36 Å². The second-order valence-corrected chi connectivity index (χ2v) is 7.69. The van der Waals surface area contributed by atoms with Crippen LogP contribution < -0.4 is 16.1 Å². The monoisotopic (exact) mass is 386 g/mol. The zero-order valence-electron chi connectivity index (χ0n) is 14.5. The van der Waals surface area contributed by atoms with Gasteiger partial charge in [-0.2, -0.15) is 0 Å². The van der Waals surface area contributed by atoms with Gasteiger partial charge in [0.1, 0.15) is 0 Å². The van der Waals surface area contributed by atoms with Crippen molar-refractivity contribution in [3.63, 3.8) is 0 Å². The lowest BCUT2D eigenvalue weighted by atomic mass is 10.1. The molecule has 9 heteroatoms. The molecule has 8 nitrogen and oxygen atoms in total. The maximum absolute atomic E-state index is 12.4. The third-order valence-electron chi connectivity index (χ3n) is 3.90. The number of H-pyrrole nitrogens is 1. The van der Waals surface area contributed by atoms with Gasteiger partial charge in [0.05, 0.1) is 11.4 Å². The number of amides is 1. The van der Waals surface area contributed by atoms with Gasteiger partial charge in [0.15, 0.2) is 0 Å². The fourth-order valence-corrected chi connectivity index (χ4v) is 3.36. The minimum absolute atomic E-state index is 0.253. The standard InChI is InChI=1S/C18H18N4O4S/c1-12-10-20-18(24)22(12)16-7-5-14(6-8-16)17(23)21-15-4-2-3-13(9-15)11-27(19,25)26/h2-10H,11H2,1H3,(H,20,24)(H,21,23)(H2,19,25,26). The molecular weight excluding hydrogens is 368 g/mol. The van der Waals surface area contributed by atoms with Gasteiger partial charge in [-0.15, -0.1) is 0 Å². The highest BCUT2D eigenvalue weighted by Crippen LogP contribution is 2.15. The van der Waals surface area contributed by atoms with Crippen LogP contribution in [0.2, 0.25) is 0 Å². The number of rotatable bonds is 5. The Balaban J connectivity index is 1.77. The molecule has 0 aliphatic carbocycles. The summed E-state index contributed by atoms with van der Waals surface area (Å²) in [5.41, 5.74) is 2.48. The van der Waals surface area contributed by atoms with Crippen LogP contribution in [0.1, 0.15) is 21.6 Å². The van der Waals surface area contributed by atoms with Gasteiger partial charge in [-0.1, -0.05) is 12.1 Å². The number of hydrogen-bond donors (Lipinski definition) is 3. The first-order chi connectivity index (χ1) is 12.7. The highest BCUT2D eigenvalue weighted by atomic mass is 32.2. The summed E-state index contributed by atoms with van der Waals surface area (Å²) in [5, 5.41) is 7.76. The van der Waals surface area contributed by atoms with E-state index < -0.39 is 10.0 Å². The van der Waals surface area contributed by atoms with E-state index >= 15 is 0 Å². The van der Waals surface area contributed by atoms with E-state index in [4.69, 9.17) is 5.14 Å². The number of aromatic amines is 1. The predicted octanol–water partition coefficient (Wildman–Crippen LogP) is 1.51. The molecule has 0 aliphatic rings. The molecule has 0 fully saturated rings. The summed E-state index contributed by atoms with van der Waals surface area (Å²) in [6.45, 7) is 1.80. The lowest BCUT2D eigenvalue weighted by Gasteiger charge is -2.09. The Hall–Kier alpha value is -3.17. The molecule has 140 valence electrons. The number of nitrogens with zero attached hydrogens (tertiary/aromatic N) is 1. The molecule has 0 spiro atoms. The van der Waals surface area contributed by atoms with E-state index in [1.54, 1.807) is 61.7 Å². The van der Waals surface area contributed by atoms with Gasteiger partial charge in [-0.05, 0) is 48.9 Å². The van der Waals surface area contributed by atoms with E-state index in [2.05, 4.69) is 10.3 Å². The van der Waals surface area contributed by atoms with Gasteiger partial charge in [0.2, 0.25) is 10.0 Å². The number of aromatic nitrogens is 2. The SMILES string of the molecule is Cc1c[nH]c(=O)n1-c1ccc(C(=O)Nc2cccc(CS(N)(=O)=O)c2)cc1. The van der Waals surface area contributed by atoms with Crippen molar-refractivity contribution in [3.8, 4) is 5.69 Å². The third kappa shape index (κ3) is 4.52. The van der Waals surface area contributed by atoms with Crippen LogP contribution in [-0.4, -0.2) is 23.9 Å². The molecule has 27 heavy (non-hydrogen) atoms. The summed E-state index contributed by atoms with van der Waals surface area (Å²) < 4.78 is 23.9. The van der Waals surface area contributed by atoms with E-state index in [-0.39, 0.29) is 17.3 Å². The summed E-state index contributed by atoms with van der Waals surface area (Å²) in [4.78, 5) is 26.8. The normalized spacial score (nSPS) is 11.3. The Morgan fingerprint density at radius 1 is 1.19 bits per heavy atom. The first-order valence-electron chi connectivity index (χ1n) is 8.01. The van der Waals surface area contributed by atoms with Gasteiger partial charge >= 0.3 is 5.69 Å². The van der Waals surface area contributed by atoms with E-state index in [0.717, 1.165) is 5.69 Å². The molecule has 0 radical (unpaired) electrons. The smallest absolute Gasteiger partial charge is 0.322 e.